The van der Waals surface area contributed by atoms with Crippen LogP contribution in [0.25, 0.3) is 0 Å². The van der Waals surface area contributed by atoms with Crippen molar-refractivity contribution in [1.29, 1.82) is 0 Å². The van der Waals surface area contributed by atoms with Gasteiger partial charge in [-0.3, -0.25) is 9.89 Å². The van der Waals surface area contributed by atoms with E-state index in [-0.39, 0.29) is 6.04 Å². The quantitative estimate of drug-likeness (QED) is 0.439. The van der Waals surface area contributed by atoms with Crippen LogP contribution in [-0.2, 0) is 6.42 Å². The van der Waals surface area contributed by atoms with E-state index >= 15 is 0 Å². The van der Waals surface area contributed by atoms with Crippen LogP contribution in [0.4, 0.5) is 0 Å². The zero-order valence-electron chi connectivity index (χ0n) is 19.8. The van der Waals surface area contributed by atoms with Crippen molar-refractivity contribution < 1.29 is 4.74 Å². The topological polar surface area (TPSA) is 50.9 Å². The van der Waals surface area contributed by atoms with Crippen molar-refractivity contribution in [3.63, 3.8) is 0 Å². The van der Waals surface area contributed by atoms with E-state index in [1.54, 1.807) is 7.11 Å². The second-order valence-electron chi connectivity index (χ2n) is 9.54. The van der Waals surface area contributed by atoms with Crippen molar-refractivity contribution in [3.8, 4) is 5.75 Å². The maximum Gasteiger partial charge on any atom is 0.122 e. The van der Waals surface area contributed by atoms with E-state index in [9.17, 15) is 0 Å². The summed E-state index contributed by atoms with van der Waals surface area (Å²) >= 11 is 0. The standard InChI is InChI=1S/C28H39N3O/c1-21-25(13-8-14-26(21)32-2)27(28(29)30-18-15-22-9-4-3-5-10-22)31-19-16-24(17-20-31)23-11-6-7-12-23/h3-5,8-10,13-14,23-24,27H,6-7,11-12,15-20H2,1-2H3,(H2,29,30). The third kappa shape index (κ3) is 5.35. The van der Waals surface area contributed by atoms with E-state index in [1.165, 1.54) is 55.2 Å². The van der Waals surface area contributed by atoms with Crippen LogP contribution in [-0.4, -0.2) is 37.5 Å². The molecule has 4 heteroatoms. The first-order valence-corrected chi connectivity index (χ1v) is 12.4. The number of likely N-dealkylation sites (tertiary alicyclic amines) is 1. The highest BCUT2D eigenvalue weighted by molar-refractivity contribution is 5.87. The Kier molecular flexibility index (Phi) is 7.85. The Labute approximate surface area is 193 Å². The highest BCUT2D eigenvalue weighted by Gasteiger charge is 2.33. The predicted octanol–water partition coefficient (Wildman–Crippen LogP) is 5.55. The second kappa shape index (κ2) is 11.0. The first-order valence-electron chi connectivity index (χ1n) is 12.4. The Bertz CT molecular complexity index is 881. The van der Waals surface area contributed by atoms with Crippen molar-refractivity contribution in [1.82, 2.24) is 4.90 Å². The Morgan fingerprint density at radius 1 is 1.00 bits per heavy atom. The molecule has 2 aromatic carbocycles. The molecule has 0 radical (unpaired) electrons. The van der Waals surface area contributed by atoms with Gasteiger partial charge in [0.2, 0.25) is 0 Å². The van der Waals surface area contributed by atoms with Crippen LogP contribution in [0.5, 0.6) is 5.75 Å². The molecule has 1 aliphatic heterocycles. The average Bonchev–Trinajstić information content (AvgIpc) is 3.37. The van der Waals surface area contributed by atoms with Crippen LogP contribution in [0, 0.1) is 18.8 Å². The van der Waals surface area contributed by atoms with Gasteiger partial charge in [0.1, 0.15) is 11.6 Å². The Morgan fingerprint density at radius 3 is 2.38 bits per heavy atom. The van der Waals surface area contributed by atoms with Gasteiger partial charge in [0, 0.05) is 6.54 Å². The number of nitrogens with zero attached hydrogens (tertiary/aromatic N) is 2. The zero-order valence-corrected chi connectivity index (χ0v) is 19.8. The van der Waals surface area contributed by atoms with Crippen molar-refractivity contribution in [2.24, 2.45) is 22.6 Å². The number of hydrogen-bond donors (Lipinski definition) is 1. The van der Waals surface area contributed by atoms with Crippen LogP contribution < -0.4 is 10.5 Å². The number of piperidine rings is 1. The first kappa shape index (κ1) is 22.8. The van der Waals surface area contributed by atoms with Crippen molar-refractivity contribution in [3.05, 3.63) is 65.2 Å². The van der Waals surface area contributed by atoms with Crippen LogP contribution in [0.1, 0.15) is 61.3 Å². The lowest BCUT2D eigenvalue weighted by Crippen LogP contribution is -2.44. The average molecular weight is 434 g/mol. The molecule has 2 aliphatic rings. The number of methoxy groups -OCH3 is 1. The molecule has 0 amide bonds. The Hall–Kier alpha value is -2.33. The summed E-state index contributed by atoms with van der Waals surface area (Å²) in [5.74, 6) is 3.49. The lowest BCUT2D eigenvalue weighted by molar-refractivity contribution is 0.131. The molecule has 2 aromatic rings. The van der Waals surface area contributed by atoms with E-state index in [0.29, 0.717) is 6.54 Å². The fourth-order valence-corrected chi connectivity index (χ4v) is 5.81. The molecule has 1 unspecified atom stereocenters. The van der Waals surface area contributed by atoms with E-state index in [0.717, 1.165) is 42.9 Å². The maximum absolute atomic E-state index is 6.73. The number of rotatable bonds is 8. The van der Waals surface area contributed by atoms with Gasteiger partial charge in [0.25, 0.3) is 0 Å². The van der Waals surface area contributed by atoms with Crippen molar-refractivity contribution in [2.75, 3.05) is 26.7 Å². The van der Waals surface area contributed by atoms with Gasteiger partial charge in [0.15, 0.2) is 0 Å². The van der Waals surface area contributed by atoms with Crippen LogP contribution in [0.2, 0.25) is 0 Å². The van der Waals surface area contributed by atoms with E-state index < -0.39 is 0 Å². The Morgan fingerprint density at radius 2 is 1.69 bits per heavy atom. The lowest BCUT2D eigenvalue weighted by Gasteiger charge is -2.39. The van der Waals surface area contributed by atoms with Gasteiger partial charge in [-0.25, -0.2) is 0 Å². The third-order valence-corrected chi connectivity index (χ3v) is 7.66. The molecule has 0 spiro atoms. The van der Waals surface area contributed by atoms with Gasteiger partial charge in [-0.15, -0.1) is 0 Å². The number of aliphatic imine (C=N–C) groups is 1. The minimum atomic E-state index is 0.0189. The van der Waals surface area contributed by atoms with Gasteiger partial charge in [0.05, 0.1) is 13.2 Å². The summed E-state index contributed by atoms with van der Waals surface area (Å²) in [4.78, 5) is 7.44. The third-order valence-electron chi connectivity index (χ3n) is 7.66. The monoisotopic (exact) mass is 433 g/mol. The van der Waals surface area contributed by atoms with Gasteiger partial charge in [-0.05, 0) is 73.9 Å². The Balaban J connectivity index is 1.52. The van der Waals surface area contributed by atoms with Gasteiger partial charge >= 0.3 is 0 Å². The number of amidine groups is 1. The molecule has 0 bridgehead atoms. The molecular weight excluding hydrogens is 394 g/mol. The summed E-state index contributed by atoms with van der Waals surface area (Å²) in [7, 11) is 1.74. The fourth-order valence-electron chi connectivity index (χ4n) is 5.81. The molecular formula is C28H39N3O. The fraction of sp³-hybridized carbons (Fsp3) is 0.536. The number of nitrogens with two attached hydrogens (primary N) is 1. The predicted molar refractivity (Wildman–Crippen MR) is 133 cm³/mol. The number of benzene rings is 2. The molecule has 1 heterocycles. The van der Waals surface area contributed by atoms with Crippen molar-refractivity contribution in [2.45, 2.75) is 57.9 Å². The van der Waals surface area contributed by atoms with Crippen LogP contribution in [0.15, 0.2) is 53.5 Å². The summed E-state index contributed by atoms with van der Waals surface area (Å²) < 4.78 is 5.63. The summed E-state index contributed by atoms with van der Waals surface area (Å²) in [5, 5.41) is 0. The lowest BCUT2D eigenvalue weighted by atomic mass is 9.82. The van der Waals surface area contributed by atoms with E-state index in [2.05, 4.69) is 54.3 Å². The molecule has 0 aromatic heterocycles. The molecule has 1 saturated carbocycles. The highest BCUT2D eigenvalue weighted by Crippen LogP contribution is 2.39. The molecule has 172 valence electrons. The largest absolute Gasteiger partial charge is 0.496 e. The number of ether oxygens (including phenoxy) is 1. The zero-order chi connectivity index (χ0) is 22.3. The second-order valence-corrected chi connectivity index (χ2v) is 9.54. The summed E-state index contributed by atoms with van der Waals surface area (Å²) in [6.07, 6.45) is 9.20. The molecule has 4 rings (SSSR count). The maximum atomic E-state index is 6.73. The molecule has 32 heavy (non-hydrogen) atoms. The minimum absolute atomic E-state index is 0.0189. The SMILES string of the molecule is COc1cccc(C(C(N)=NCCc2ccccc2)N2CCC(C3CCCC3)CC2)c1C. The molecule has 1 saturated heterocycles. The minimum Gasteiger partial charge on any atom is -0.496 e. The van der Waals surface area contributed by atoms with Crippen LogP contribution >= 0.6 is 0 Å². The van der Waals surface area contributed by atoms with Gasteiger partial charge < -0.3 is 10.5 Å². The van der Waals surface area contributed by atoms with E-state index in [4.69, 9.17) is 15.5 Å². The van der Waals surface area contributed by atoms with E-state index in [1.807, 2.05) is 6.07 Å². The summed E-state index contributed by atoms with van der Waals surface area (Å²) in [6, 6.07) is 16.9. The summed E-state index contributed by atoms with van der Waals surface area (Å²) in [5.41, 5.74) is 10.4. The van der Waals surface area contributed by atoms with Crippen LogP contribution in [0.3, 0.4) is 0 Å². The molecule has 1 aliphatic carbocycles. The molecule has 2 N–H and O–H groups in total. The molecule has 1 atom stereocenters. The van der Waals surface area contributed by atoms with Crippen molar-refractivity contribution >= 4 is 5.84 Å². The van der Waals surface area contributed by atoms with Gasteiger partial charge in [-0.1, -0.05) is 68.1 Å². The molecule has 2 fully saturated rings. The smallest absolute Gasteiger partial charge is 0.122 e. The normalized spacial score (nSPS) is 19.9. The van der Waals surface area contributed by atoms with Gasteiger partial charge in [-0.2, -0.15) is 0 Å². The number of hydrogen-bond acceptors (Lipinski definition) is 3. The summed E-state index contributed by atoms with van der Waals surface area (Å²) in [6.45, 7) is 5.05. The highest BCUT2D eigenvalue weighted by atomic mass is 16.5. The molecule has 4 nitrogen and oxygen atoms in total. The first-order chi connectivity index (χ1) is 15.7.